The number of rotatable bonds is 9. The maximum atomic E-state index is 13.0. The van der Waals surface area contributed by atoms with Crippen molar-refractivity contribution in [2.75, 3.05) is 40.3 Å². The average Bonchev–Trinajstić information content (AvgIpc) is 2.72. The molecule has 1 aromatic rings. The zero-order chi connectivity index (χ0) is 23.6. The number of hydrogen-bond acceptors (Lipinski definition) is 3. The summed E-state index contributed by atoms with van der Waals surface area (Å²) in [4.78, 5) is 1.47. The molecular formula is C22H33F2NO2. The van der Waals surface area contributed by atoms with Crippen LogP contribution in [-0.2, 0) is 16.6 Å². The zero-order valence-electron chi connectivity index (χ0n) is 21.0. The van der Waals surface area contributed by atoms with Gasteiger partial charge in [-0.1, -0.05) is 18.9 Å². The van der Waals surface area contributed by atoms with Crippen LogP contribution in [0.1, 0.15) is 56.5 Å². The zero-order valence-corrected chi connectivity index (χ0v) is 16.0. The molecule has 3 nitrogen and oxygen atoms in total. The Morgan fingerprint density at radius 3 is 3.00 bits per heavy atom. The molecule has 2 aliphatic carbocycles. The van der Waals surface area contributed by atoms with Gasteiger partial charge in [-0.25, -0.2) is 8.78 Å². The molecule has 1 aromatic carbocycles. The number of halogens is 2. The smallest absolute Gasteiger partial charge is 0.272 e. The van der Waals surface area contributed by atoms with Crippen LogP contribution in [0.15, 0.2) is 18.2 Å². The first kappa shape index (κ1) is 14.7. The molecule has 0 saturated heterocycles. The normalized spacial score (nSPS) is 28.5. The van der Waals surface area contributed by atoms with E-state index in [1.807, 2.05) is 6.07 Å². The standard InChI is InChI=1S/C22H33F2NO2/c1-25(13-14-26-2)12-11-22-10-4-3-5-18(22)8-6-17-7-9-19(15-20(17)22)27-16-21(23)24/h7,9,15,18,21H,3-6,8,10-14,16H2,1-2H3/t18-,22+/m1/s1/i1D3,16D2. The van der Waals surface area contributed by atoms with Gasteiger partial charge in [-0.3, -0.25) is 0 Å². The van der Waals surface area contributed by atoms with Gasteiger partial charge >= 0.3 is 0 Å². The molecule has 0 aromatic heterocycles. The van der Waals surface area contributed by atoms with Crippen molar-refractivity contribution in [1.29, 1.82) is 0 Å². The first-order valence-electron chi connectivity index (χ1n) is 12.3. The predicted molar refractivity (Wildman–Crippen MR) is 104 cm³/mol. The second kappa shape index (κ2) is 9.33. The quantitative estimate of drug-likeness (QED) is 0.615. The number of fused-ring (bicyclic) bond motifs is 3. The van der Waals surface area contributed by atoms with Gasteiger partial charge in [0.1, 0.15) is 12.3 Å². The van der Waals surface area contributed by atoms with Crippen molar-refractivity contribution in [2.24, 2.45) is 5.92 Å². The van der Waals surface area contributed by atoms with Gasteiger partial charge in [0.05, 0.1) is 9.35 Å². The molecule has 0 aliphatic heterocycles. The molecule has 1 saturated carbocycles. The van der Waals surface area contributed by atoms with Crippen LogP contribution in [0, 0.1) is 5.92 Å². The summed E-state index contributed by atoms with van der Waals surface area (Å²) >= 11 is 0. The van der Waals surface area contributed by atoms with E-state index in [-0.39, 0.29) is 11.2 Å². The maximum absolute atomic E-state index is 13.0. The molecule has 1 fully saturated rings. The van der Waals surface area contributed by atoms with Gasteiger partial charge in [-0.05, 0) is 80.2 Å². The number of alkyl halides is 2. The highest BCUT2D eigenvalue weighted by atomic mass is 19.3. The molecular weight excluding hydrogens is 348 g/mol. The van der Waals surface area contributed by atoms with Crippen molar-refractivity contribution in [3.05, 3.63) is 29.3 Å². The lowest BCUT2D eigenvalue weighted by Crippen LogP contribution is -2.44. The van der Waals surface area contributed by atoms with Crippen LogP contribution >= 0.6 is 0 Å². The molecule has 152 valence electrons. The highest BCUT2D eigenvalue weighted by molar-refractivity contribution is 5.43. The summed E-state index contributed by atoms with van der Waals surface area (Å²) in [5.41, 5.74) is 1.86. The maximum Gasteiger partial charge on any atom is 0.272 e. The van der Waals surface area contributed by atoms with Crippen molar-refractivity contribution in [3.63, 3.8) is 0 Å². The van der Waals surface area contributed by atoms with E-state index < -0.39 is 20.0 Å². The van der Waals surface area contributed by atoms with Gasteiger partial charge in [-0.15, -0.1) is 0 Å². The lowest BCUT2D eigenvalue weighted by Gasteiger charge is -2.49. The van der Waals surface area contributed by atoms with E-state index in [2.05, 4.69) is 0 Å². The van der Waals surface area contributed by atoms with E-state index in [0.717, 1.165) is 49.7 Å². The summed E-state index contributed by atoms with van der Waals surface area (Å²) in [6.07, 6.45) is 3.35. The highest BCUT2D eigenvalue weighted by Gasteiger charge is 2.45. The van der Waals surface area contributed by atoms with Gasteiger partial charge in [0.15, 0.2) is 0 Å². The topological polar surface area (TPSA) is 21.7 Å². The van der Waals surface area contributed by atoms with E-state index in [9.17, 15) is 8.78 Å². The van der Waals surface area contributed by atoms with Gasteiger partial charge in [-0.2, -0.15) is 0 Å². The third-order valence-electron chi connectivity index (χ3n) is 6.25. The Labute approximate surface area is 169 Å². The second-order valence-corrected chi connectivity index (χ2v) is 7.71. The Balaban J connectivity index is 1.93. The van der Waals surface area contributed by atoms with E-state index in [1.165, 1.54) is 4.90 Å². The van der Waals surface area contributed by atoms with Gasteiger partial charge < -0.3 is 14.4 Å². The van der Waals surface area contributed by atoms with Crippen LogP contribution in [0.3, 0.4) is 0 Å². The molecule has 0 N–H and O–H groups in total. The number of aryl methyl sites for hydroxylation is 1. The Hall–Kier alpha value is -1.20. The van der Waals surface area contributed by atoms with Crippen LogP contribution in [-0.4, -0.2) is 51.7 Å². The molecule has 0 radical (unpaired) electrons. The van der Waals surface area contributed by atoms with Crippen molar-refractivity contribution in [2.45, 2.75) is 56.8 Å². The van der Waals surface area contributed by atoms with Crippen LogP contribution in [0.25, 0.3) is 0 Å². The second-order valence-electron chi connectivity index (χ2n) is 7.71. The summed E-state index contributed by atoms with van der Waals surface area (Å²) in [7, 11) is 1.55. The lowest BCUT2D eigenvalue weighted by atomic mass is 9.56. The molecule has 0 spiro atoms. The predicted octanol–water partition coefficient (Wildman–Crippen LogP) is 4.67. The fraction of sp³-hybridized carbons (Fsp3) is 0.727. The molecule has 0 heterocycles. The third kappa shape index (κ3) is 4.80. The fourth-order valence-electron chi connectivity index (χ4n) is 4.94. The van der Waals surface area contributed by atoms with Crippen molar-refractivity contribution in [1.82, 2.24) is 4.90 Å². The Bertz CT molecular complexity index is 777. The van der Waals surface area contributed by atoms with Crippen LogP contribution < -0.4 is 4.74 Å². The highest BCUT2D eigenvalue weighted by Crippen LogP contribution is 2.52. The van der Waals surface area contributed by atoms with Crippen LogP contribution in [0.4, 0.5) is 8.78 Å². The molecule has 2 atom stereocenters. The minimum atomic E-state index is -3.26. The van der Waals surface area contributed by atoms with Crippen molar-refractivity contribution >= 4 is 0 Å². The minimum absolute atomic E-state index is 0.0895. The first-order chi connectivity index (χ1) is 15.0. The molecule has 0 amide bonds. The van der Waals surface area contributed by atoms with Gasteiger partial charge in [0.25, 0.3) is 6.43 Å². The molecule has 3 rings (SSSR count). The summed E-state index contributed by atoms with van der Waals surface area (Å²) in [6, 6.07) is 5.14. The van der Waals surface area contributed by atoms with Gasteiger partial charge in [0.2, 0.25) is 0 Å². The molecule has 2 aliphatic rings. The minimum Gasteiger partial charge on any atom is -0.488 e. The number of hydrogen-bond donors (Lipinski definition) is 0. The van der Waals surface area contributed by atoms with Gasteiger partial charge in [0, 0.05) is 17.8 Å². The molecule has 0 bridgehead atoms. The summed E-state index contributed by atoms with van der Waals surface area (Å²) in [5.74, 6) is 0.471. The molecule has 5 heteroatoms. The molecule has 27 heavy (non-hydrogen) atoms. The van der Waals surface area contributed by atoms with E-state index in [1.54, 1.807) is 19.2 Å². The number of ether oxygens (including phenoxy) is 2. The van der Waals surface area contributed by atoms with E-state index in [4.69, 9.17) is 16.3 Å². The number of methoxy groups -OCH3 is 1. The summed E-state index contributed by atoms with van der Waals surface area (Å²) < 4.78 is 74.9. The first-order valence-corrected chi connectivity index (χ1v) is 9.84. The van der Waals surface area contributed by atoms with E-state index >= 15 is 0 Å². The van der Waals surface area contributed by atoms with Crippen LogP contribution in [0.5, 0.6) is 5.75 Å². The summed E-state index contributed by atoms with van der Waals surface area (Å²) in [5, 5.41) is 0. The Morgan fingerprint density at radius 2 is 2.22 bits per heavy atom. The number of nitrogens with zero attached hydrogens (tertiary/aromatic N) is 1. The number of benzene rings is 1. The largest absolute Gasteiger partial charge is 0.488 e. The lowest BCUT2D eigenvalue weighted by molar-refractivity contribution is 0.0813. The Morgan fingerprint density at radius 1 is 1.33 bits per heavy atom. The monoisotopic (exact) mass is 386 g/mol. The molecule has 0 unspecified atom stereocenters. The van der Waals surface area contributed by atoms with Crippen molar-refractivity contribution in [3.8, 4) is 5.75 Å². The Kier molecular flexibility index (Phi) is 5.10. The fourth-order valence-corrected chi connectivity index (χ4v) is 4.94. The SMILES string of the molecule is [2H]C([2H])(Oc1ccc2c(c1)[C@]1(CCN(CCOC)C([2H])([2H])[2H])CCCC[C@@H]1CC2)C(F)F. The van der Waals surface area contributed by atoms with E-state index in [0.29, 0.717) is 32.0 Å². The number of likely N-dealkylation sites (N-methyl/N-ethyl adjacent to an activating group) is 1. The van der Waals surface area contributed by atoms with Crippen LogP contribution in [0.2, 0.25) is 0 Å². The third-order valence-corrected chi connectivity index (χ3v) is 6.25. The van der Waals surface area contributed by atoms with Crippen molar-refractivity contribution < 1.29 is 25.1 Å². The summed E-state index contributed by atoms with van der Waals surface area (Å²) in [6.45, 7) is -4.29. The average molecular weight is 387 g/mol.